The number of carbonyl (C=O) groups excluding carboxylic acids is 1. The number of benzene rings is 1. The summed E-state index contributed by atoms with van der Waals surface area (Å²) >= 11 is 1.43. The first-order valence-corrected chi connectivity index (χ1v) is 8.81. The second-order valence-corrected chi connectivity index (χ2v) is 7.00. The van der Waals surface area contributed by atoms with Gasteiger partial charge in [0.15, 0.2) is 11.5 Å². The second-order valence-electron chi connectivity index (χ2n) is 6.14. The number of thiazole rings is 1. The first kappa shape index (κ1) is 22.5. The molecule has 0 saturated heterocycles. The van der Waals surface area contributed by atoms with E-state index in [1.165, 1.54) is 11.3 Å². The Bertz CT molecular complexity index is 740. The highest BCUT2D eigenvalue weighted by atomic mass is 35.5. The van der Waals surface area contributed by atoms with Gasteiger partial charge in [-0.15, -0.1) is 36.2 Å². The number of nitrogens with one attached hydrogen (secondary N) is 1. The van der Waals surface area contributed by atoms with E-state index in [1.807, 2.05) is 18.2 Å². The lowest BCUT2D eigenvalue weighted by Gasteiger charge is -2.18. The van der Waals surface area contributed by atoms with Gasteiger partial charge in [0, 0.05) is 23.5 Å². The minimum absolute atomic E-state index is 0. The fourth-order valence-electron chi connectivity index (χ4n) is 2.58. The molecular formula is C17H23Cl2N3O3S. The van der Waals surface area contributed by atoms with Crippen LogP contribution >= 0.6 is 36.2 Å². The fourth-order valence-corrected chi connectivity index (χ4v) is 3.38. The Morgan fingerprint density at radius 1 is 1.31 bits per heavy atom. The summed E-state index contributed by atoms with van der Waals surface area (Å²) in [4.78, 5) is 16.8. The van der Waals surface area contributed by atoms with Crippen molar-refractivity contribution in [1.82, 2.24) is 10.3 Å². The number of ether oxygens (including phenoxy) is 2. The van der Waals surface area contributed by atoms with Gasteiger partial charge in [-0.05, 0) is 30.5 Å². The maximum Gasteiger partial charge on any atom is 0.271 e. The number of fused-ring (bicyclic) bond motifs is 1. The zero-order valence-corrected chi connectivity index (χ0v) is 17.0. The van der Waals surface area contributed by atoms with E-state index in [-0.39, 0.29) is 43.6 Å². The quantitative estimate of drug-likeness (QED) is 0.747. The van der Waals surface area contributed by atoms with E-state index in [0.29, 0.717) is 23.9 Å². The van der Waals surface area contributed by atoms with Crippen LogP contribution in [0.3, 0.4) is 0 Å². The number of hydrogen-bond acceptors (Lipinski definition) is 6. The molecule has 1 amide bonds. The lowest BCUT2D eigenvalue weighted by atomic mass is 10.0. The number of aromatic nitrogens is 1. The summed E-state index contributed by atoms with van der Waals surface area (Å²) in [5, 5.41) is 5.49. The molecule has 1 aliphatic rings. The van der Waals surface area contributed by atoms with Gasteiger partial charge in [-0.3, -0.25) is 4.79 Å². The first-order valence-electron chi connectivity index (χ1n) is 7.93. The van der Waals surface area contributed by atoms with E-state index in [2.05, 4.69) is 24.1 Å². The van der Waals surface area contributed by atoms with Gasteiger partial charge in [-0.1, -0.05) is 13.8 Å². The van der Waals surface area contributed by atoms with Crippen LogP contribution in [0.4, 0.5) is 0 Å². The van der Waals surface area contributed by atoms with Gasteiger partial charge in [0.2, 0.25) is 6.79 Å². The van der Waals surface area contributed by atoms with Crippen LogP contribution < -0.4 is 20.5 Å². The van der Waals surface area contributed by atoms with E-state index < -0.39 is 0 Å². The zero-order chi connectivity index (χ0) is 17.1. The van der Waals surface area contributed by atoms with Crippen molar-refractivity contribution in [2.75, 3.05) is 13.3 Å². The highest BCUT2D eigenvalue weighted by Crippen LogP contribution is 2.36. The molecule has 0 saturated carbocycles. The first-order chi connectivity index (χ1) is 11.6. The molecule has 1 atom stereocenters. The van der Waals surface area contributed by atoms with E-state index in [4.69, 9.17) is 15.2 Å². The minimum atomic E-state index is -0.186. The zero-order valence-electron chi connectivity index (χ0n) is 14.6. The molecule has 6 nitrogen and oxygen atoms in total. The Kier molecular flexibility index (Phi) is 8.62. The third-order valence-corrected chi connectivity index (χ3v) is 4.62. The molecule has 3 rings (SSSR count). The summed E-state index contributed by atoms with van der Waals surface area (Å²) in [5.41, 5.74) is 7.05. The Morgan fingerprint density at radius 2 is 2.04 bits per heavy atom. The highest BCUT2D eigenvalue weighted by Gasteiger charge is 2.18. The molecule has 26 heavy (non-hydrogen) atoms. The number of nitrogens with two attached hydrogens (primary N) is 1. The van der Waals surface area contributed by atoms with Crippen LogP contribution in [0.25, 0.3) is 10.6 Å². The monoisotopic (exact) mass is 419 g/mol. The molecule has 1 aromatic carbocycles. The molecule has 1 unspecified atom stereocenters. The van der Waals surface area contributed by atoms with Gasteiger partial charge in [-0.2, -0.15) is 0 Å². The fraction of sp³-hybridized carbons (Fsp3) is 0.412. The number of carbonyl (C=O) groups is 1. The summed E-state index contributed by atoms with van der Waals surface area (Å²) in [6, 6.07) is 5.61. The Balaban J connectivity index is 0.00000169. The van der Waals surface area contributed by atoms with Gasteiger partial charge in [0.05, 0.1) is 0 Å². The van der Waals surface area contributed by atoms with E-state index in [1.54, 1.807) is 5.38 Å². The average molecular weight is 420 g/mol. The molecule has 0 bridgehead atoms. The Labute approximate surface area is 169 Å². The molecule has 1 aromatic heterocycles. The Hall–Kier alpha value is -1.54. The van der Waals surface area contributed by atoms with Crippen molar-refractivity contribution in [2.45, 2.75) is 26.3 Å². The van der Waals surface area contributed by atoms with Crippen LogP contribution in [-0.2, 0) is 0 Å². The smallest absolute Gasteiger partial charge is 0.271 e. The van der Waals surface area contributed by atoms with Gasteiger partial charge in [0.1, 0.15) is 10.7 Å². The van der Waals surface area contributed by atoms with Crippen LogP contribution in [-0.4, -0.2) is 30.3 Å². The summed E-state index contributed by atoms with van der Waals surface area (Å²) < 4.78 is 10.7. The molecule has 144 valence electrons. The molecular weight excluding hydrogens is 397 g/mol. The van der Waals surface area contributed by atoms with Gasteiger partial charge in [0.25, 0.3) is 5.91 Å². The third kappa shape index (κ3) is 5.23. The molecule has 0 aliphatic carbocycles. The number of nitrogens with zero attached hydrogens (tertiary/aromatic N) is 1. The lowest BCUT2D eigenvalue weighted by molar-refractivity contribution is 0.0929. The van der Waals surface area contributed by atoms with Crippen molar-refractivity contribution in [3.63, 3.8) is 0 Å². The topological polar surface area (TPSA) is 86.5 Å². The number of rotatable bonds is 6. The van der Waals surface area contributed by atoms with Crippen molar-refractivity contribution < 1.29 is 14.3 Å². The highest BCUT2D eigenvalue weighted by molar-refractivity contribution is 7.13. The number of amides is 1. The molecule has 0 radical (unpaired) electrons. The van der Waals surface area contributed by atoms with Crippen molar-refractivity contribution in [3.05, 3.63) is 29.3 Å². The summed E-state index contributed by atoms with van der Waals surface area (Å²) in [7, 11) is 0. The molecule has 0 fully saturated rings. The number of hydrogen-bond donors (Lipinski definition) is 2. The molecule has 0 spiro atoms. The summed E-state index contributed by atoms with van der Waals surface area (Å²) in [6.07, 6.45) is 0.849. The van der Waals surface area contributed by atoms with Gasteiger partial charge >= 0.3 is 0 Å². The minimum Gasteiger partial charge on any atom is -0.454 e. The lowest BCUT2D eigenvalue weighted by Crippen LogP contribution is -2.41. The second kappa shape index (κ2) is 9.97. The predicted octanol–water partition coefficient (Wildman–Crippen LogP) is 3.49. The van der Waals surface area contributed by atoms with Crippen molar-refractivity contribution in [3.8, 4) is 22.1 Å². The predicted molar refractivity (Wildman–Crippen MR) is 108 cm³/mol. The van der Waals surface area contributed by atoms with E-state index in [0.717, 1.165) is 22.7 Å². The van der Waals surface area contributed by atoms with Crippen LogP contribution in [0.2, 0.25) is 0 Å². The normalized spacial score (nSPS) is 12.9. The van der Waals surface area contributed by atoms with Crippen molar-refractivity contribution in [2.24, 2.45) is 11.7 Å². The van der Waals surface area contributed by atoms with Gasteiger partial charge in [-0.25, -0.2) is 4.98 Å². The summed E-state index contributed by atoms with van der Waals surface area (Å²) in [6.45, 7) is 4.87. The molecule has 2 aromatic rings. The van der Waals surface area contributed by atoms with E-state index >= 15 is 0 Å². The van der Waals surface area contributed by atoms with Crippen LogP contribution in [0.5, 0.6) is 11.5 Å². The van der Waals surface area contributed by atoms with Crippen LogP contribution in [0, 0.1) is 5.92 Å². The standard InChI is InChI=1S/C17H21N3O3S.2ClH/c1-10(2)5-12(7-18)19-16(21)13-8-24-17(20-13)11-3-4-14-15(6-11)23-9-22-14;;/h3-4,6,8,10,12H,5,7,9,18H2,1-2H3,(H,19,21);2*1H. The largest absolute Gasteiger partial charge is 0.454 e. The molecule has 3 N–H and O–H groups in total. The molecule has 2 heterocycles. The third-order valence-electron chi connectivity index (χ3n) is 3.73. The summed E-state index contributed by atoms with van der Waals surface area (Å²) in [5.74, 6) is 1.72. The average Bonchev–Trinajstić information content (AvgIpc) is 3.21. The van der Waals surface area contributed by atoms with Crippen LogP contribution in [0.15, 0.2) is 23.6 Å². The van der Waals surface area contributed by atoms with Gasteiger partial charge < -0.3 is 20.5 Å². The maximum absolute atomic E-state index is 12.4. The molecule has 9 heteroatoms. The van der Waals surface area contributed by atoms with E-state index in [9.17, 15) is 4.79 Å². The maximum atomic E-state index is 12.4. The van der Waals surface area contributed by atoms with Crippen LogP contribution in [0.1, 0.15) is 30.8 Å². The van der Waals surface area contributed by atoms with Crippen molar-refractivity contribution in [1.29, 1.82) is 0 Å². The Morgan fingerprint density at radius 3 is 2.73 bits per heavy atom. The number of halogens is 2. The SMILES string of the molecule is CC(C)CC(CN)NC(=O)c1csc(-c2ccc3c(c2)OCO3)n1.Cl.Cl. The molecule has 1 aliphatic heterocycles. The van der Waals surface area contributed by atoms with Crippen molar-refractivity contribution >= 4 is 42.1 Å².